The van der Waals surface area contributed by atoms with Crippen LogP contribution in [0.15, 0.2) is 59.2 Å². The van der Waals surface area contributed by atoms with Crippen molar-refractivity contribution in [3.05, 3.63) is 75.3 Å². The van der Waals surface area contributed by atoms with E-state index in [1.54, 1.807) is 29.3 Å². The van der Waals surface area contributed by atoms with Crippen LogP contribution in [-0.4, -0.2) is 48.1 Å². The number of rotatable bonds is 13. The Bertz CT molecular complexity index is 1270. The van der Waals surface area contributed by atoms with E-state index in [0.29, 0.717) is 21.4 Å². The molecule has 0 amide bonds. The average molecular weight is 555 g/mol. The van der Waals surface area contributed by atoms with Crippen LogP contribution in [0.1, 0.15) is 38.8 Å². The van der Waals surface area contributed by atoms with Gasteiger partial charge in [0.25, 0.3) is 0 Å². The largest absolute Gasteiger partial charge is 0.488 e. The fraction of sp³-hybridized carbons (Fsp3) is 0.345. The highest BCUT2D eigenvalue weighted by molar-refractivity contribution is 6.35. The van der Waals surface area contributed by atoms with Crippen LogP contribution in [0.2, 0.25) is 10.0 Å². The molecule has 0 aliphatic rings. The summed E-state index contributed by atoms with van der Waals surface area (Å²) in [6.07, 6.45) is 1.63. The molecular formula is C29H33Cl2N5O2. The summed E-state index contributed by atoms with van der Waals surface area (Å²) in [5, 5.41) is 36.2. The zero-order valence-electron chi connectivity index (χ0n) is 22.2. The molecule has 0 radical (unpaired) electrons. The van der Waals surface area contributed by atoms with E-state index in [1.807, 2.05) is 38.1 Å². The zero-order valence-corrected chi connectivity index (χ0v) is 23.7. The first-order valence-corrected chi connectivity index (χ1v) is 13.1. The van der Waals surface area contributed by atoms with Gasteiger partial charge in [-0.2, -0.15) is 15.6 Å². The molecule has 0 unspecified atom stereocenters. The van der Waals surface area contributed by atoms with Gasteiger partial charge in [-0.15, -0.1) is 0 Å². The first kappa shape index (κ1) is 30.7. The van der Waals surface area contributed by atoms with Gasteiger partial charge in [0.05, 0.1) is 24.3 Å². The summed E-state index contributed by atoms with van der Waals surface area (Å²) in [5.74, 6) is 0.533. The lowest BCUT2D eigenvalue weighted by molar-refractivity contribution is 0.172. The Kier molecular flexibility index (Phi) is 12.2. The first-order chi connectivity index (χ1) is 18.2. The van der Waals surface area contributed by atoms with Crippen LogP contribution < -0.4 is 9.64 Å². The fourth-order valence-electron chi connectivity index (χ4n) is 3.64. The summed E-state index contributed by atoms with van der Waals surface area (Å²) in [6.45, 7) is 13.7. The molecule has 0 fully saturated rings. The highest BCUT2D eigenvalue weighted by Gasteiger charge is 2.17. The number of allylic oxidation sites excluding steroid dienone is 2. The van der Waals surface area contributed by atoms with Crippen molar-refractivity contribution in [2.75, 3.05) is 31.1 Å². The van der Waals surface area contributed by atoms with Gasteiger partial charge in [-0.1, -0.05) is 35.8 Å². The number of halogens is 2. The van der Waals surface area contributed by atoms with Gasteiger partial charge in [0.1, 0.15) is 30.2 Å². The third-order valence-electron chi connectivity index (χ3n) is 5.77. The van der Waals surface area contributed by atoms with Crippen molar-refractivity contribution in [1.82, 2.24) is 5.01 Å². The second kappa shape index (κ2) is 15.1. The summed E-state index contributed by atoms with van der Waals surface area (Å²) in [4.78, 5) is 2.18. The molecule has 2 aromatic rings. The number of hydrogen-bond acceptors (Lipinski definition) is 7. The van der Waals surface area contributed by atoms with Crippen LogP contribution in [0.3, 0.4) is 0 Å². The number of nitriles is 2. The van der Waals surface area contributed by atoms with Gasteiger partial charge in [-0.25, -0.2) is 0 Å². The average Bonchev–Trinajstić information content (AvgIpc) is 2.90. The first-order valence-electron chi connectivity index (χ1n) is 12.3. The third-order valence-corrected chi connectivity index (χ3v) is 6.36. The van der Waals surface area contributed by atoms with Crippen molar-refractivity contribution in [3.63, 3.8) is 0 Å². The molecule has 0 saturated carbocycles. The third kappa shape index (κ3) is 8.26. The molecule has 200 valence electrons. The van der Waals surface area contributed by atoms with Crippen molar-refractivity contribution in [2.24, 2.45) is 5.10 Å². The molecule has 38 heavy (non-hydrogen) atoms. The van der Waals surface area contributed by atoms with E-state index in [2.05, 4.69) is 36.5 Å². The van der Waals surface area contributed by atoms with Gasteiger partial charge in [-0.3, -0.25) is 5.01 Å². The van der Waals surface area contributed by atoms with E-state index >= 15 is 0 Å². The smallest absolute Gasteiger partial charge is 0.129 e. The fourth-order valence-corrected chi connectivity index (χ4v) is 4.10. The minimum Gasteiger partial charge on any atom is -0.488 e. The maximum Gasteiger partial charge on any atom is 0.129 e. The molecule has 0 aliphatic heterocycles. The second-order valence-electron chi connectivity index (χ2n) is 8.61. The number of aliphatic hydroxyl groups is 1. The lowest BCUT2D eigenvalue weighted by Crippen LogP contribution is -2.30. The Morgan fingerprint density at radius 2 is 1.84 bits per heavy atom. The van der Waals surface area contributed by atoms with Crippen molar-refractivity contribution in [1.29, 1.82) is 10.5 Å². The van der Waals surface area contributed by atoms with Crippen LogP contribution in [0, 0.1) is 22.7 Å². The molecule has 0 atom stereocenters. The number of benzene rings is 2. The predicted octanol–water partition coefficient (Wildman–Crippen LogP) is 6.46. The molecule has 2 aromatic carbocycles. The number of hydrazone groups is 1. The quantitative estimate of drug-likeness (QED) is 0.173. The number of nitrogens with zero attached hydrogens (tertiary/aromatic N) is 5. The van der Waals surface area contributed by atoms with E-state index < -0.39 is 0 Å². The lowest BCUT2D eigenvalue weighted by atomic mass is 10.0. The van der Waals surface area contributed by atoms with E-state index in [0.717, 1.165) is 24.3 Å². The maximum absolute atomic E-state index is 10.1. The standard InChI is InChI=1S/C29H33Cl2N5O2/c1-6-35(7-2)26-11-9-22(28(16-26)38-19-23-8-10-25(30)15-27(23)31)14-24(18-33)29(21(5)17-32)34-36(12-13-37)20(3)4/h8-11,14-16,20,37H,5-7,12-13,19H2,1-4H3/b24-14+,34-29-. The molecule has 2 rings (SSSR count). The molecule has 0 saturated heterocycles. The van der Waals surface area contributed by atoms with Crippen LogP contribution in [0.4, 0.5) is 5.69 Å². The molecule has 0 heterocycles. The maximum atomic E-state index is 10.1. The molecule has 9 heteroatoms. The van der Waals surface area contributed by atoms with Crippen molar-refractivity contribution < 1.29 is 9.84 Å². The normalized spacial score (nSPS) is 11.6. The molecule has 0 aromatic heterocycles. The topological polar surface area (TPSA) is 95.9 Å². The van der Waals surface area contributed by atoms with Crippen molar-refractivity contribution in [3.8, 4) is 17.9 Å². The molecular weight excluding hydrogens is 521 g/mol. The Morgan fingerprint density at radius 3 is 2.39 bits per heavy atom. The summed E-state index contributed by atoms with van der Waals surface area (Å²) in [6, 6.07) is 15.0. The number of hydrogen-bond donors (Lipinski definition) is 1. The Morgan fingerprint density at radius 1 is 1.13 bits per heavy atom. The minimum absolute atomic E-state index is 0.0385. The summed E-state index contributed by atoms with van der Waals surface area (Å²) in [7, 11) is 0. The summed E-state index contributed by atoms with van der Waals surface area (Å²) >= 11 is 12.4. The van der Waals surface area contributed by atoms with Crippen LogP contribution >= 0.6 is 23.2 Å². The number of aliphatic hydroxyl groups excluding tert-OH is 1. The van der Waals surface area contributed by atoms with Gasteiger partial charge < -0.3 is 14.7 Å². The molecule has 0 bridgehead atoms. The Hall–Kier alpha value is -3.49. The SMILES string of the molecule is C=C(C#N)C(=N/N(CCO)C(C)C)/C(C#N)=C/c1ccc(N(CC)CC)cc1OCc1ccc(Cl)cc1Cl. The van der Waals surface area contributed by atoms with Gasteiger partial charge in [0, 0.05) is 52.1 Å². The van der Waals surface area contributed by atoms with Crippen molar-refractivity contribution >= 4 is 40.7 Å². The monoisotopic (exact) mass is 553 g/mol. The summed E-state index contributed by atoms with van der Waals surface area (Å²) < 4.78 is 6.21. The molecule has 0 aliphatic carbocycles. The second-order valence-corrected chi connectivity index (χ2v) is 9.45. The van der Waals surface area contributed by atoms with Crippen LogP contribution in [-0.2, 0) is 6.61 Å². The van der Waals surface area contributed by atoms with Gasteiger partial charge in [0.15, 0.2) is 0 Å². The lowest BCUT2D eigenvalue weighted by Gasteiger charge is -2.24. The highest BCUT2D eigenvalue weighted by Crippen LogP contribution is 2.30. The van der Waals surface area contributed by atoms with Gasteiger partial charge in [0.2, 0.25) is 0 Å². The van der Waals surface area contributed by atoms with Gasteiger partial charge >= 0.3 is 0 Å². The Balaban J connectivity index is 2.63. The summed E-state index contributed by atoms with van der Waals surface area (Å²) in [5.41, 5.74) is 2.67. The molecule has 7 nitrogen and oxygen atoms in total. The van der Waals surface area contributed by atoms with E-state index in [9.17, 15) is 15.6 Å². The van der Waals surface area contributed by atoms with E-state index in [4.69, 9.17) is 27.9 Å². The zero-order chi connectivity index (χ0) is 28.2. The molecule has 1 N–H and O–H groups in total. The van der Waals surface area contributed by atoms with Crippen LogP contribution in [0.5, 0.6) is 5.75 Å². The van der Waals surface area contributed by atoms with Crippen molar-refractivity contribution in [2.45, 2.75) is 40.3 Å². The minimum atomic E-state index is -0.127. The Labute approximate surface area is 235 Å². The number of ether oxygens (including phenoxy) is 1. The van der Waals surface area contributed by atoms with Crippen LogP contribution in [0.25, 0.3) is 6.08 Å². The highest BCUT2D eigenvalue weighted by atomic mass is 35.5. The van der Waals surface area contributed by atoms with Gasteiger partial charge in [-0.05, 0) is 58.0 Å². The van der Waals surface area contributed by atoms with E-state index in [-0.39, 0.29) is 42.7 Å². The van der Waals surface area contributed by atoms with E-state index in [1.165, 1.54) is 0 Å². The number of anilines is 1. The molecule has 0 spiro atoms. The predicted molar refractivity (Wildman–Crippen MR) is 156 cm³/mol.